The van der Waals surface area contributed by atoms with Crippen molar-refractivity contribution in [1.29, 1.82) is 0 Å². The Morgan fingerprint density at radius 1 is 0.906 bits per heavy atom. The smallest absolute Gasteiger partial charge is 0.243 e. The van der Waals surface area contributed by atoms with E-state index in [0.29, 0.717) is 0 Å². The van der Waals surface area contributed by atoms with Gasteiger partial charge in [0.1, 0.15) is 12.1 Å². The van der Waals surface area contributed by atoms with E-state index in [0.717, 1.165) is 16.5 Å². The Hall–Kier alpha value is -3.93. The lowest BCUT2D eigenvalue weighted by Crippen LogP contribution is -2.56. The van der Waals surface area contributed by atoms with Crippen molar-refractivity contribution < 1.29 is 24.0 Å². The summed E-state index contributed by atoms with van der Waals surface area (Å²) in [5.74, 6) is -3.78. The molecule has 5 amide bonds. The Balaban J connectivity index is 2.24. The number of hydrogen-bond acceptors (Lipinski definition) is 6. The van der Waals surface area contributed by atoms with Crippen LogP contribution in [-0.2, 0) is 30.4 Å². The first-order chi connectivity index (χ1) is 15.1. The molecule has 11 N–H and O–H groups in total. The highest BCUT2D eigenvalue weighted by molar-refractivity contribution is 5.95. The van der Waals surface area contributed by atoms with Crippen molar-refractivity contribution in [2.24, 2.45) is 22.9 Å². The number of nitrogens with one attached hydrogen (secondary N) is 3. The Labute approximate surface area is 183 Å². The van der Waals surface area contributed by atoms with Crippen LogP contribution in [0.5, 0.6) is 0 Å². The predicted octanol–water partition coefficient (Wildman–Crippen LogP) is -2.37. The summed E-state index contributed by atoms with van der Waals surface area (Å²) in [6, 6.07) is 3.77. The van der Waals surface area contributed by atoms with E-state index in [2.05, 4.69) is 15.6 Å². The maximum absolute atomic E-state index is 13.0. The highest BCUT2D eigenvalue weighted by atomic mass is 16.2. The number of fused-ring (bicyclic) bond motifs is 1. The van der Waals surface area contributed by atoms with Crippen LogP contribution in [0.25, 0.3) is 10.9 Å². The summed E-state index contributed by atoms with van der Waals surface area (Å²) >= 11 is 0. The number of carbonyl (C=O) groups excluding carboxylic acids is 5. The lowest BCUT2D eigenvalue weighted by atomic mass is 10.0. The molecule has 12 heteroatoms. The average Bonchev–Trinajstić information content (AvgIpc) is 3.12. The van der Waals surface area contributed by atoms with Gasteiger partial charge in [-0.2, -0.15) is 0 Å². The van der Waals surface area contributed by atoms with Gasteiger partial charge in [-0.3, -0.25) is 24.0 Å². The van der Waals surface area contributed by atoms with Gasteiger partial charge in [0.15, 0.2) is 0 Å². The number of aromatic amines is 1. The molecule has 1 aromatic heterocycles. The number of H-pyrrole nitrogens is 1. The molecule has 0 aliphatic carbocycles. The molecule has 32 heavy (non-hydrogen) atoms. The first-order valence-corrected chi connectivity index (χ1v) is 9.85. The topological polar surface area (TPSA) is 229 Å². The summed E-state index contributed by atoms with van der Waals surface area (Å²) in [7, 11) is 0. The number of rotatable bonds is 12. The number of amides is 5. The zero-order valence-electron chi connectivity index (χ0n) is 17.3. The van der Waals surface area contributed by atoms with Crippen molar-refractivity contribution in [1.82, 2.24) is 15.6 Å². The largest absolute Gasteiger partial charge is 0.370 e. The third-order valence-electron chi connectivity index (χ3n) is 4.83. The lowest BCUT2D eigenvalue weighted by Gasteiger charge is -2.23. The molecule has 0 unspecified atom stereocenters. The molecule has 1 aromatic carbocycles. The molecule has 172 valence electrons. The van der Waals surface area contributed by atoms with Crippen molar-refractivity contribution >= 4 is 40.4 Å². The maximum Gasteiger partial charge on any atom is 0.243 e. The van der Waals surface area contributed by atoms with Gasteiger partial charge in [-0.05, 0) is 18.1 Å². The normalized spacial score (nSPS) is 13.7. The Morgan fingerprint density at radius 2 is 1.56 bits per heavy atom. The molecule has 0 fully saturated rings. The third-order valence-corrected chi connectivity index (χ3v) is 4.83. The van der Waals surface area contributed by atoms with Crippen molar-refractivity contribution in [2.75, 3.05) is 0 Å². The van der Waals surface area contributed by atoms with Gasteiger partial charge >= 0.3 is 0 Å². The minimum Gasteiger partial charge on any atom is -0.370 e. The van der Waals surface area contributed by atoms with Crippen molar-refractivity contribution in [2.45, 2.75) is 43.8 Å². The second-order valence-corrected chi connectivity index (χ2v) is 7.37. The van der Waals surface area contributed by atoms with E-state index < -0.39 is 54.1 Å². The van der Waals surface area contributed by atoms with Crippen LogP contribution in [0.4, 0.5) is 0 Å². The third kappa shape index (κ3) is 6.80. The van der Waals surface area contributed by atoms with Gasteiger partial charge in [0.05, 0.1) is 12.5 Å². The number of nitrogens with two attached hydrogens (primary N) is 4. The quantitative estimate of drug-likeness (QED) is 0.189. The molecule has 3 atom stereocenters. The van der Waals surface area contributed by atoms with E-state index in [1.54, 1.807) is 6.20 Å². The fourth-order valence-corrected chi connectivity index (χ4v) is 3.16. The van der Waals surface area contributed by atoms with Crippen LogP contribution in [0.15, 0.2) is 30.5 Å². The second kappa shape index (κ2) is 10.9. The summed E-state index contributed by atoms with van der Waals surface area (Å²) in [5, 5.41) is 5.77. The zero-order valence-corrected chi connectivity index (χ0v) is 17.3. The number of para-hydroxylation sites is 1. The Morgan fingerprint density at radius 3 is 2.19 bits per heavy atom. The molecule has 2 rings (SSSR count). The molecule has 2 aromatic rings. The Bertz CT molecular complexity index is 1020. The molecule has 0 radical (unpaired) electrons. The van der Waals surface area contributed by atoms with Gasteiger partial charge in [-0.25, -0.2) is 0 Å². The fraction of sp³-hybridized carbons (Fsp3) is 0.350. The predicted molar refractivity (Wildman–Crippen MR) is 115 cm³/mol. The first-order valence-electron chi connectivity index (χ1n) is 9.85. The molecule has 1 heterocycles. The van der Waals surface area contributed by atoms with E-state index in [1.807, 2.05) is 24.3 Å². The standard InChI is InChI=1S/C20H27N7O5/c21-12(8-17(23)29)19(31)27-15(7-10-9-25-13-4-2-1-3-11(10)13)20(32)26-14(18(24)30)5-6-16(22)28/h1-4,9,12,14-15,25H,5-8,21H2,(H2,22,28)(H2,23,29)(H2,24,30)(H,26,32)(H,27,31)/t12-,14-,15-/m0/s1. The molecule has 0 aliphatic heterocycles. The fourth-order valence-electron chi connectivity index (χ4n) is 3.16. The van der Waals surface area contributed by atoms with E-state index >= 15 is 0 Å². The van der Waals surface area contributed by atoms with E-state index in [1.165, 1.54) is 0 Å². The second-order valence-electron chi connectivity index (χ2n) is 7.37. The lowest BCUT2D eigenvalue weighted by molar-refractivity contribution is -0.132. The minimum absolute atomic E-state index is 0.0478. The van der Waals surface area contributed by atoms with Crippen LogP contribution in [-0.4, -0.2) is 52.6 Å². The molecule has 12 nitrogen and oxygen atoms in total. The summed E-state index contributed by atoms with van der Waals surface area (Å²) < 4.78 is 0. The van der Waals surface area contributed by atoms with Crippen molar-refractivity contribution in [3.8, 4) is 0 Å². The van der Waals surface area contributed by atoms with Crippen LogP contribution in [0.2, 0.25) is 0 Å². The van der Waals surface area contributed by atoms with Gasteiger partial charge in [-0.1, -0.05) is 18.2 Å². The summed E-state index contributed by atoms with van der Waals surface area (Å²) in [6.07, 6.45) is 1.07. The Kier molecular flexibility index (Phi) is 8.30. The van der Waals surface area contributed by atoms with E-state index in [9.17, 15) is 24.0 Å². The molecule has 0 spiro atoms. The van der Waals surface area contributed by atoms with Crippen molar-refractivity contribution in [3.63, 3.8) is 0 Å². The van der Waals surface area contributed by atoms with Gasteiger partial charge in [0.2, 0.25) is 29.5 Å². The van der Waals surface area contributed by atoms with Crippen molar-refractivity contribution in [3.05, 3.63) is 36.0 Å². The highest BCUT2D eigenvalue weighted by Gasteiger charge is 2.28. The van der Waals surface area contributed by atoms with E-state index in [-0.39, 0.29) is 19.3 Å². The number of carbonyl (C=O) groups is 5. The van der Waals surface area contributed by atoms with Gasteiger partial charge in [0.25, 0.3) is 0 Å². The number of primary amides is 3. The highest BCUT2D eigenvalue weighted by Crippen LogP contribution is 2.19. The van der Waals surface area contributed by atoms with Crippen LogP contribution in [0.3, 0.4) is 0 Å². The number of benzene rings is 1. The van der Waals surface area contributed by atoms with Gasteiger partial charge < -0.3 is 38.6 Å². The summed E-state index contributed by atoms with van der Waals surface area (Å²) in [6.45, 7) is 0. The molecule has 0 saturated carbocycles. The van der Waals surface area contributed by atoms with Gasteiger partial charge in [-0.15, -0.1) is 0 Å². The average molecular weight is 445 g/mol. The number of aromatic nitrogens is 1. The SMILES string of the molecule is NC(=O)CC[C@H](NC(=O)[C@H](Cc1c[nH]c2ccccc12)NC(=O)[C@@H](N)CC(N)=O)C(N)=O. The number of hydrogen-bond donors (Lipinski definition) is 7. The van der Waals surface area contributed by atoms with E-state index in [4.69, 9.17) is 22.9 Å². The molecule has 0 saturated heterocycles. The molecule has 0 bridgehead atoms. The van der Waals surface area contributed by atoms with Crippen LogP contribution < -0.4 is 33.6 Å². The summed E-state index contributed by atoms with van der Waals surface area (Å²) in [4.78, 5) is 62.3. The maximum atomic E-state index is 13.0. The van der Waals surface area contributed by atoms with Crippen LogP contribution >= 0.6 is 0 Å². The molecular weight excluding hydrogens is 418 g/mol. The molecular formula is C20H27N7O5. The van der Waals surface area contributed by atoms with Crippen LogP contribution in [0, 0.1) is 0 Å². The first kappa shape index (κ1) is 24.3. The monoisotopic (exact) mass is 445 g/mol. The minimum atomic E-state index is -1.26. The van der Waals surface area contributed by atoms with Crippen LogP contribution in [0.1, 0.15) is 24.8 Å². The molecule has 0 aliphatic rings. The summed E-state index contributed by atoms with van der Waals surface area (Å²) in [5.41, 5.74) is 22.7. The van der Waals surface area contributed by atoms with Gasteiger partial charge in [0, 0.05) is 29.9 Å². The zero-order chi connectivity index (χ0) is 23.8.